The molecule has 1 aliphatic heterocycles. The molecule has 0 saturated carbocycles. The zero-order valence-electron chi connectivity index (χ0n) is 19.3. The number of aryl methyl sites for hydroxylation is 1. The molecule has 1 amide bonds. The molecule has 31 heavy (non-hydrogen) atoms. The van der Waals surface area contributed by atoms with E-state index in [2.05, 4.69) is 54.1 Å². The van der Waals surface area contributed by atoms with Crippen LogP contribution in [0.25, 0.3) is 22.2 Å². The van der Waals surface area contributed by atoms with Crippen LogP contribution in [0.1, 0.15) is 63.3 Å². The summed E-state index contributed by atoms with van der Waals surface area (Å²) in [5, 5.41) is 1.19. The second kappa shape index (κ2) is 8.12. The first-order valence-corrected chi connectivity index (χ1v) is 11.3. The van der Waals surface area contributed by atoms with Crippen molar-refractivity contribution in [2.75, 3.05) is 13.1 Å². The highest BCUT2D eigenvalue weighted by Gasteiger charge is 2.36. The summed E-state index contributed by atoms with van der Waals surface area (Å²) in [4.78, 5) is 23.4. The maximum Gasteiger partial charge on any atom is 0.232 e. The number of amides is 1. The largest absolute Gasteiger partial charge is 0.354 e. The number of likely N-dealkylation sites (tertiary alicyclic amines) is 1. The molecule has 1 aliphatic rings. The molecular weight excluding hydrogens is 384 g/mol. The minimum absolute atomic E-state index is 0.0829. The van der Waals surface area contributed by atoms with Gasteiger partial charge in [-0.25, -0.2) is 0 Å². The number of carbonyl (C=O) groups is 1. The Morgan fingerprint density at radius 2 is 2.03 bits per heavy atom. The Kier molecular flexibility index (Phi) is 5.65. The summed E-state index contributed by atoms with van der Waals surface area (Å²) in [5.41, 5.74) is 12.2. The second-order valence-electron chi connectivity index (χ2n) is 9.79. The number of pyridine rings is 1. The van der Waals surface area contributed by atoms with Crippen LogP contribution >= 0.6 is 0 Å². The predicted octanol–water partition coefficient (Wildman–Crippen LogP) is 4.89. The molecule has 1 fully saturated rings. The van der Waals surface area contributed by atoms with Crippen LogP contribution in [0, 0.1) is 6.92 Å². The molecule has 5 heteroatoms. The van der Waals surface area contributed by atoms with E-state index in [0.717, 1.165) is 47.4 Å². The summed E-state index contributed by atoms with van der Waals surface area (Å²) in [6.07, 6.45) is 3.83. The first-order chi connectivity index (χ1) is 14.7. The molecule has 1 aromatic carbocycles. The number of nitrogens with zero attached hydrogens (tertiary/aromatic N) is 2. The number of H-pyrrole nitrogens is 1. The number of hydrogen-bond acceptors (Lipinski definition) is 3. The lowest BCUT2D eigenvalue weighted by molar-refractivity contribution is -0.137. The monoisotopic (exact) mass is 418 g/mol. The van der Waals surface area contributed by atoms with Crippen LogP contribution in [-0.4, -0.2) is 39.9 Å². The highest BCUT2D eigenvalue weighted by atomic mass is 16.2. The van der Waals surface area contributed by atoms with Crippen molar-refractivity contribution in [1.82, 2.24) is 14.9 Å². The van der Waals surface area contributed by atoms with Crippen LogP contribution in [0.5, 0.6) is 0 Å². The Morgan fingerprint density at radius 3 is 2.71 bits per heavy atom. The number of hydrogen-bond donors (Lipinski definition) is 2. The van der Waals surface area contributed by atoms with Gasteiger partial charge in [-0.1, -0.05) is 19.9 Å². The fourth-order valence-electron chi connectivity index (χ4n) is 4.84. The lowest BCUT2D eigenvalue weighted by atomic mass is 9.81. The maximum absolute atomic E-state index is 13.4. The fourth-order valence-corrected chi connectivity index (χ4v) is 4.84. The van der Waals surface area contributed by atoms with Crippen LogP contribution in [0.4, 0.5) is 0 Å². The lowest BCUT2D eigenvalue weighted by Crippen LogP contribution is -2.51. The molecule has 2 aromatic heterocycles. The quantitative estimate of drug-likeness (QED) is 0.633. The van der Waals surface area contributed by atoms with Crippen molar-refractivity contribution < 1.29 is 4.79 Å². The van der Waals surface area contributed by atoms with Crippen molar-refractivity contribution in [3.8, 4) is 11.3 Å². The average molecular weight is 419 g/mol. The van der Waals surface area contributed by atoms with E-state index in [1.54, 1.807) is 0 Å². The minimum Gasteiger partial charge on any atom is -0.354 e. The summed E-state index contributed by atoms with van der Waals surface area (Å²) >= 11 is 0. The van der Waals surface area contributed by atoms with Gasteiger partial charge in [-0.3, -0.25) is 9.78 Å². The van der Waals surface area contributed by atoms with Gasteiger partial charge in [0.05, 0.1) is 11.1 Å². The molecule has 0 aliphatic carbocycles. The molecular formula is C26H34N4O. The highest BCUT2D eigenvalue weighted by molar-refractivity contribution is 5.94. The van der Waals surface area contributed by atoms with E-state index in [-0.39, 0.29) is 11.9 Å². The third kappa shape index (κ3) is 3.99. The van der Waals surface area contributed by atoms with Crippen molar-refractivity contribution >= 4 is 16.8 Å². The van der Waals surface area contributed by atoms with Crippen molar-refractivity contribution in [1.29, 1.82) is 0 Å². The molecule has 1 unspecified atom stereocenters. The zero-order chi connectivity index (χ0) is 22.3. The van der Waals surface area contributed by atoms with Crippen molar-refractivity contribution in [2.24, 2.45) is 5.73 Å². The standard InChI is InChI=1S/C26H34N4O/c1-16(2)23-21-14-19(26(4,5)25(31)30-12-6-7-20(27)15-30)8-9-22(21)29-24(23)18-10-11-28-17(3)13-18/h8-11,13-14,16,20,29H,6-7,12,15,27H2,1-5H3. The summed E-state index contributed by atoms with van der Waals surface area (Å²) in [6.45, 7) is 12.0. The Labute approximate surface area is 185 Å². The first-order valence-electron chi connectivity index (χ1n) is 11.3. The van der Waals surface area contributed by atoms with Gasteiger partial charge >= 0.3 is 0 Å². The summed E-state index contributed by atoms with van der Waals surface area (Å²) in [5.74, 6) is 0.500. The molecule has 4 rings (SSSR count). The minimum atomic E-state index is -0.607. The number of fused-ring (bicyclic) bond motifs is 1. The van der Waals surface area contributed by atoms with Crippen LogP contribution < -0.4 is 5.73 Å². The van der Waals surface area contributed by atoms with E-state index in [9.17, 15) is 4.79 Å². The molecule has 5 nitrogen and oxygen atoms in total. The van der Waals surface area contributed by atoms with Gasteiger partial charge in [0.25, 0.3) is 0 Å². The number of nitrogens with two attached hydrogens (primary N) is 1. The summed E-state index contributed by atoms with van der Waals surface area (Å²) < 4.78 is 0. The Morgan fingerprint density at radius 1 is 1.26 bits per heavy atom. The second-order valence-corrected chi connectivity index (χ2v) is 9.79. The number of piperidine rings is 1. The van der Waals surface area contributed by atoms with Gasteiger partial charge < -0.3 is 15.6 Å². The average Bonchev–Trinajstić information content (AvgIpc) is 3.12. The SMILES string of the molecule is Cc1cc(-c2[nH]c3ccc(C(C)(C)C(=O)N4CCCC(N)C4)cc3c2C(C)C)ccn1. The van der Waals surface area contributed by atoms with Crippen LogP contribution in [-0.2, 0) is 10.2 Å². The van der Waals surface area contributed by atoms with Gasteiger partial charge in [-0.05, 0) is 74.9 Å². The van der Waals surface area contributed by atoms with Crippen molar-refractivity contribution in [3.63, 3.8) is 0 Å². The van der Waals surface area contributed by atoms with E-state index in [1.165, 1.54) is 10.9 Å². The normalized spacial score (nSPS) is 17.5. The van der Waals surface area contributed by atoms with E-state index in [1.807, 2.05) is 31.9 Å². The molecule has 1 atom stereocenters. The van der Waals surface area contributed by atoms with Gasteiger partial charge in [0.2, 0.25) is 5.91 Å². The number of carbonyl (C=O) groups excluding carboxylic acids is 1. The number of aromatic nitrogens is 2. The van der Waals surface area contributed by atoms with E-state index >= 15 is 0 Å². The fraction of sp³-hybridized carbons (Fsp3) is 0.462. The molecule has 0 spiro atoms. The van der Waals surface area contributed by atoms with Gasteiger partial charge in [0.1, 0.15) is 0 Å². The molecule has 3 heterocycles. The zero-order valence-corrected chi connectivity index (χ0v) is 19.3. The maximum atomic E-state index is 13.4. The third-order valence-corrected chi connectivity index (χ3v) is 6.60. The Balaban J connectivity index is 1.78. The van der Waals surface area contributed by atoms with Gasteiger partial charge in [0, 0.05) is 47.5 Å². The van der Waals surface area contributed by atoms with Crippen molar-refractivity contribution in [2.45, 2.75) is 64.8 Å². The molecule has 3 N–H and O–H groups in total. The molecule has 3 aromatic rings. The Hall–Kier alpha value is -2.66. The van der Waals surface area contributed by atoms with E-state index in [0.29, 0.717) is 12.5 Å². The van der Waals surface area contributed by atoms with Gasteiger partial charge in [-0.2, -0.15) is 0 Å². The molecule has 164 valence electrons. The van der Waals surface area contributed by atoms with Gasteiger partial charge in [-0.15, -0.1) is 0 Å². The number of nitrogens with one attached hydrogen (secondary N) is 1. The molecule has 1 saturated heterocycles. The summed E-state index contributed by atoms with van der Waals surface area (Å²) in [7, 11) is 0. The van der Waals surface area contributed by atoms with E-state index < -0.39 is 5.41 Å². The number of benzene rings is 1. The summed E-state index contributed by atoms with van der Waals surface area (Å²) in [6, 6.07) is 10.7. The third-order valence-electron chi connectivity index (χ3n) is 6.60. The van der Waals surface area contributed by atoms with Gasteiger partial charge in [0.15, 0.2) is 0 Å². The molecule has 0 radical (unpaired) electrons. The van der Waals surface area contributed by atoms with Crippen LogP contribution in [0.2, 0.25) is 0 Å². The number of aromatic amines is 1. The van der Waals surface area contributed by atoms with E-state index in [4.69, 9.17) is 5.73 Å². The lowest BCUT2D eigenvalue weighted by Gasteiger charge is -2.36. The number of rotatable bonds is 4. The predicted molar refractivity (Wildman–Crippen MR) is 127 cm³/mol. The topological polar surface area (TPSA) is 75.0 Å². The van der Waals surface area contributed by atoms with Crippen molar-refractivity contribution in [3.05, 3.63) is 53.3 Å². The highest BCUT2D eigenvalue weighted by Crippen LogP contribution is 2.38. The smallest absolute Gasteiger partial charge is 0.232 e. The Bertz CT molecular complexity index is 1110. The van der Waals surface area contributed by atoms with Crippen LogP contribution in [0.15, 0.2) is 36.5 Å². The first kappa shape index (κ1) is 21.6. The molecule has 0 bridgehead atoms. The van der Waals surface area contributed by atoms with Crippen LogP contribution in [0.3, 0.4) is 0 Å².